The largest absolute Gasteiger partial charge is 0.494 e. The Hall–Kier alpha value is -3.33. The van der Waals surface area contributed by atoms with Gasteiger partial charge in [0, 0.05) is 17.6 Å². The molecule has 0 unspecified atom stereocenters. The third kappa shape index (κ3) is 5.58. The van der Waals surface area contributed by atoms with Crippen molar-refractivity contribution in [3.05, 3.63) is 71.0 Å². The van der Waals surface area contributed by atoms with Crippen molar-refractivity contribution in [1.82, 2.24) is 14.9 Å². The number of halogens is 1. The molecule has 0 aliphatic rings. The molecule has 2 amide bonds. The van der Waals surface area contributed by atoms with E-state index in [0.717, 1.165) is 17.1 Å². The molecule has 9 heteroatoms. The second-order valence-corrected chi connectivity index (χ2v) is 6.62. The van der Waals surface area contributed by atoms with Gasteiger partial charge < -0.3 is 10.1 Å². The van der Waals surface area contributed by atoms with Crippen LogP contribution in [-0.2, 0) is 11.3 Å². The van der Waals surface area contributed by atoms with E-state index in [2.05, 4.69) is 14.9 Å². The van der Waals surface area contributed by atoms with Crippen LogP contribution < -0.4 is 15.0 Å². The number of carbonyl (C=O) groups excluding carboxylic acids is 2. The van der Waals surface area contributed by atoms with E-state index >= 15 is 0 Å². The molecule has 0 bridgehead atoms. The lowest BCUT2D eigenvalue weighted by Gasteiger charge is -2.21. The molecular weight excluding hydrogens is 395 g/mol. The summed E-state index contributed by atoms with van der Waals surface area (Å²) < 4.78 is 22.1. The molecule has 0 aliphatic heterocycles. The summed E-state index contributed by atoms with van der Waals surface area (Å²) in [6.07, 6.45) is 0. The number of carbonyl (C=O) groups is 2. The number of hydrogen-bond acceptors (Lipinski definition) is 6. The SMILES string of the molecule is CCOc1ccc(N(CC(=O)NCc2ccc(F)cc2)C(=O)c2csnn2)cc1. The molecular formula is C20H19FN4O3S. The van der Waals surface area contributed by atoms with Gasteiger partial charge in [-0.25, -0.2) is 4.39 Å². The third-order valence-corrected chi connectivity index (χ3v) is 4.49. The normalized spacial score (nSPS) is 10.4. The molecule has 1 aromatic heterocycles. The molecule has 29 heavy (non-hydrogen) atoms. The summed E-state index contributed by atoms with van der Waals surface area (Å²) in [5.74, 6) is -0.469. The number of ether oxygens (including phenoxy) is 1. The van der Waals surface area contributed by atoms with Crippen LogP contribution >= 0.6 is 11.5 Å². The second kappa shape index (κ2) is 9.74. The molecule has 150 valence electrons. The van der Waals surface area contributed by atoms with Crippen LogP contribution in [0.1, 0.15) is 23.0 Å². The highest BCUT2D eigenvalue weighted by Gasteiger charge is 2.22. The third-order valence-electron chi connectivity index (χ3n) is 3.99. The summed E-state index contributed by atoms with van der Waals surface area (Å²) in [5.41, 5.74) is 1.45. The van der Waals surface area contributed by atoms with Gasteiger partial charge in [-0.2, -0.15) is 0 Å². The van der Waals surface area contributed by atoms with Gasteiger partial charge in [-0.1, -0.05) is 16.6 Å². The molecule has 7 nitrogen and oxygen atoms in total. The maximum Gasteiger partial charge on any atom is 0.280 e. The van der Waals surface area contributed by atoms with Crippen LogP contribution in [0, 0.1) is 5.82 Å². The Balaban J connectivity index is 1.72. The minimum atomic E-state index is -0.431. The monoisotopic (exact) mass is 414 g/mol. The number of benzene rings is 2. The highest BCUT2D eigenvalue weighted by atomic mass is 32.1. The van der Waals surface area contributed by atoms with E-state index in [1.165, 1.54) is 22.4 Å². The Bertz CT molecular complexity index is 947. The molecule has 2 aromatic carbocycles. The Morgan fingerprint density at radius 3 is 2.48 bits per heavy atom. The highest BCUT2D eigenvalue weighted by molar-refractivity contribution is 7.03. The van der Waals surface area contributed by atoms with E-state index in [-0.39, 0.29) is 30.5 Å². The van der Waals surface area contributed by atoms with Gasteiger partial charge in [0.15, 0.2) is 5.69 Å². The first-order valence-corrected chi connectivity index (χ1v) is 9.73. The molecule has 0 atom stereocenters. The number of rotatable bonds is 8. The number of nitrogens with one attached hydrogen (secondary N) is 1. The Morgan fingerprint density at radius 1 is 1.14 bits per heavy atom. The minimum Gasteiger partial charge on any atom is -0.494 e. The van der Waals surface area contributed by atoms with Crippen LogP contribution in [0.3, 0.4) is 0 Å². The fourth-order valence-corrected chi connectivity index (χ4v) is 3.00. The van der Waals surface area contributed by atoms with Gasteiger partial charge in [-0.3, -0.25) is 14.5 Å². The molecule has 1 N–H and O–H groups in total. The Kier molecular flexibility index (Phi) is 6.85. The maximum atomic E-state index is 13.0. The number of amides is 2. The molecule has 0 fully saturated rings. The lowest BCUT2D eigenvalue weighted by atomic mass is 10.2. The molecule has 0 spiro atoms. The van der Waals surface area contributed by atoms with E-state index in [1.807, 2.05) is 6.92 Å². The van der Waals surface area contributed by atoms with E-state index in [4.69, 9.17) is 4.74 Å². The van der Waals surface area contributed by atoms with E-state index in [1.54, 1.807) is 36.4 Å². The first-order chi connectivity index (χ1) is 14.1. The van der Waals surface area contributed by atoms with E-state index in [0.29, 0.717) is 18.0 Å². The Labute approximate surface area is 171 Å². The van der Waals surface area contributed by atoms with Crippen molar-refractivity contribution < 1.29 is 18.7 Å². The summed E-state index contributed by atoms with van der Waals surface area (Å²) >= 11 is 1.06. The number of nitrogens with zero attached hydrogens (tertiary/aromatic N) is 3. The van der Waals surface area contributed by atoms with Crippen LogP contribution in [-0.4, -0.2) is 34.6 Å². The van der Waals surface area contributed by atoms with Gasteiger partial charge in [0.25, 0.3) is 5.91 Å². The molecule has 3 rings (SSSR count). The van der Waals surface area contributed by atoms with Crippen LogP contribution in [0.4, 0.5) is 10.1 Å². The van der Waals surface area contributed by atoms with E-state index < -0.39 is 5.91 Å². The molecule has 3 aromatic rings. The maximum absolute atomic E-state index is 13.0. The zero-order chi connectivity index (χ0) is 20.6. The van der Waals surface area contributed by atoms with Crippen molar-refractivity contribution >= 4 is 29.0 Å². The molecule has 0 aliphatic carbocycles. The number of hydrogen-bond donors (Lipinski definition) is 1. The predicted octanol–water partition coefficient (Wildman–Crippen LogP) is 3.04. The van der Waals surface area contributed by atoms with Crippen molar-refractivity contribution in [2.45, 2.75) is 13.5 Å². The summed E-state index contributed by atoms with van der Waals surface area (Å²) in [6, 6.07) is 12.7. The van der Waals surface area contributed by atoms with Crippen molar-refractivity contribution in [3.63, 3.8) is 0 Å². The molecule has 0 radical (unpaired) electrons. The van der Waals surface area contributed by atoms with Crippen molar-refractivity contribution in [1.29, 1.82) is 0 Å². The second-order valence-electron chi connectivity index (χ2n) is 6.01. The predicted molar refractivity (Wildman–Crippen MR) is 107 cm³/mol. The van der Waals surface area contributed by atoms with Gasteiger partial charge in [0.2, 0.25) is 5.91 Å². The van der Waals surface area contributed by atoms with Crippen LogP contribution in [0.25, 0.3) is 0 Å². The molecule has 1 heterocycles. The highest BCUT2D eigenvalue weighted by Crippen LogP contribution is 2.21. The molecule has 0 saturated heterocycles. The standard InChI is InChI=1S/C20H19FN4O3S/c1-2-28-17-9-7-16(8-10-17)25(20(27)18-13-29-24-23-18)12-19(26)22-11-14-3-5-15(21)6-4-14/h3-10,13H,2,11-12H2,1H3,(H,22,26). The average molecular weight is 414 g/mol. The molecule has 0 saturated carbocycles. The number of aromatic nitrogens is 2. The quantitative estimate of drug-likeness (QED) is 0.613. The Morgan fingerprint density at radius 2 is 1.86 bits per heavy atom. The smallest absolute Gasteiger partial charge is 0.280 e. The number of anilines is 1. The fraction of sp³-hybridized carbons (Fsp3) is 0.200. The fourth-order valence-electron chi connectivity index (χ4n) is 2.57. The van der Waals surface area contributed by atoms with Crippen molar-refractivity contribution in [2.75, 3.05) is 18.1 Å². The first kappa shape index (κ1) is 20.4. The average Bonchev–Trinajstić information content (AvgIpc) is 3.27. The summed E-state index contributed by atoms with van der Waals surface area (Å²) in [6.45, 7) is 2.43. The van der Waals surface area contributed by atoms with Crippen molar-refractivity contribution in [3.8, 4) is 5.75 Å². The van der Waals surface area contributed by atoms with Gasteiger partial charge in [0.1, 0.15) is 18.1 Å². The summed E-state index contributed by atoms with van der Waals surface area (Å²) in [5, 5.41) is 8.07. The zero-order valence-electron chi connectivity index (χ0n) is 15.7. The van der Waals surface area contributed by atoms with Crippen LogP contribution in [0.2, 0.25) is 0 Å². The summed E-state index contributed by atoms with van der Waals surface area (Å²) in [4.78, 5) is 26.6. The van der Waals surface area contributed by atoms with Crippen molar-refractivity contribution in [2.24, 2.45) is 0 Å². The van der Waals surface area contributed by atoms with Crippen LogP contribution in [0.5, 0.6) is 5.75 Å². The zero-order valence-corrected chi connectivity index (χ0v) is 16.5. The van der Waals surface area contributed by atoms with Gasteiger partial charge in [-0.15, -0.1) is 5.10 Å². The van der Waals surface area contributed by atoms with E-state index in [9.17, 15) is 14.0 Å². The van der Waals surface area contributed by atoms with Gasteiger partial charge in [0.05, 0.1) is 6.61 Å². The lowest BCUT2D eigenvalue weighted by Crippen LogP contribution is -2.40. The topological polar surface area (TPSA) is 84.4 Å². The van der Waals surface area contributed by atoms with Gasteiger partial charge in [-0.05, 0) is 60.4 Å². The first-order valence-electron chi connectivity index (χ1n) is 8.89. The summed E-state index contributed by atoms with van der Waals surface area (Å²) in [7, 11) is 0. The van der Waals surface area contributed by atoms with Gasteiger partial charge >= 0.3 is 0 Å². The van der Waals surface area contributed by atoms with Crippen LogP contribution in [0.15, 0.2) is 53.9 Å². The minimum absolute atomic E-state index is 0.162. The lowest BCUT2D eigenvalue weighted by molar-refractivity contribution is -0.119.